The first-order valence-electron chi connectivity index (χ1n) is 7.26. The summed E-state index contributed by atoms with van der Waals surface area (Å²) in [5.74, 6) is 0. The summed E-state index contributed by atoms with van der Waals surface area (Å²) in [6.07, 6.45) is 3.60. The Morgan fingerprint density at radius 2 is 2.23 bits per heavy atom. The minimum absolute atomic E-state index is 0.608. The lowest BCUT2D eigenvalue weighted by Crippen LogP contribution is -2.35. The summed E-state index contributed by atoms with van der Waals surface area (Å²) in [5.41, 5.74) is 5.43. The van der Waals surface area contributed by atoms with Gasteiger partial charge < -0.3 is 9.88 Å². The molecule has 114 valence electrons. The van der Waals surface area contributed by atoms with Crippen molar-refractivity contribution in [1.29, 1.82) is 0 Å². The Balaban J connectivity index is 2.17. The van der Waals surface area contributed by atoms with Gasteiger partial charge in [0.25, 0.3) is 0 Å². The number of allylic oxidation sites excluding steroid dienone is 1. The van der Waals surface area contributed by atoms with Gasteiger partial charge in [-0.2, -0.15) is 0 Å². The molecule has 0 bridgehead atoms. The minimum Gasteiger partial charge on any atom is -0.360 e. The summed E-state index contributed by atoms with van der Waals surface area (Å²) in [7, 11) is 1.81. The van der Waals surface area contributed by atoms with Crippen LogP contribution in [-0.4, -0.2) is 42.1 Å². The second-order valence-corrected chi connectivity index (χ2v) is 5.87. The van der Waals surface area contributed by atoms with Gasteiger partial charge in [-0.25, -0.2) is 0 Å². The molecule has 2 heterocycles. The summed E-state index contributed by atoms with van der Waals surface area (Å²) in [5, 5.41) is 1.81. The van der Waals surface area contributed by atoms with Crippen LogP contribution in [0.3, 0.4) is 0 Å². The third-order valence-electron chi connectivity index (χ3n) is 4.29. The number of carbonyl (C=O) groups is 1. The van der Waals surface area contributed by atoms with Crippen LogP contribution in [0.1, 0.15) is 18.9 Å². The second kappa shape index (κ2) is 5.97. The number of aliphatic imine (C=N–C) groups is 1. The van der Waals surface area contributed by atoms with E-state index in [2.05, 4.69) is 16.9 Å². The Kier molecular flexibility index (Phi) is 4.03. The summed E-state index contributed by atoms with van der Waals surface area (Å²) in [4.78, 5) is 20.5. The summed E-state index contributed by atoms with van der Waals surface area (Å²) < 4.78 is 0. The number of nitrogens with one attached hydrogen (secondary N) is 1. The van der Waals surface area contributed by atoms with E-state index in [1.165, 1.54) is 0 Å². The molecule has 1 aliphatic heterocycles. The number of benzene rings is 1. The molecule has 3 rings (SSSR count). The monoisotopic (exact) mass is 315 g/mol. The molecule has 0 radical (unpaired) electrons. The average Bonchev–Trinajstić information content (AvgIpc) is 3.04. The highest BCUT2D eigenvalue weighted by Gasteiger charge is 2.21. The van der Waals surface area contributed by atoms with Crippen LogP contribution in [0.25, 0.3) is 16.5 Å². The Labute approximate surface area is 134 Å². The summed E-state index contributed by atoms with van der Waals surface area (Å²) >= 11 is 6.24. The van der Waals surface area contributed by atoms with E-state index in [1.807, 2.05) is 31.4 Å². The number of piperidine rings is 1. The predicted octanol–water partition coefficient (Wildman–Crippen LogP) is 3.53. The average molecular weight is 316 g/mol. The number of amides is 1. The third kappa shape index (κ3) is 2.44. The van der Waals surface area contributed by atoms with Crippen molar-refractivity contribution in [3.63, 3.8) is 0 Å². The van der Waals surface area contributed by atoms with E-state index in [0.717, 1.165) is 52.7 Å². The molecule has 1 fully saturated rings. The first-order valence-corrected chi connectivity index (χ1v) is 7.64. The number of carbonyl (C=O) groups excluding carboxylic acids is 1. The number of H-pyrrole nitrogens is 1. The zero-order chi connectivity index (χ0) is 15.7. The molecule has 5 heteroatoms. The van der Waals surface area contributed by atoms with Crippen molar-refractivity contribution < 1.29 is 4.79 Å². The van der Waals surface area contributed by atoms with Gasteiger partial charge in [0.15, 0.2) is 0 Å². The zero-order valence-corrected chi connectivity index (χ0v) is 13.4. The molecule has 0 atom stereocenters. The molecule has 1 aliphatic rings. The number of halogens is 1. The lowest BCUT2D eigenvalue weighted by Gasteiger charge is -2.28. The molecule has 1 N–H and O–H groups in total. The molecule has 1 aromatic carbocycles. The van der Waals surface area contributed by atoms with E-state index in [0.29, 0.717) is 11.6 Å². The summed E-state index contributed by atoms with van der Waals surface area (Å²) in [6, 6.07) is 5.97. The van der Waals surface area contributed by atoms with Crippen molar-refractivity contribution in [3.8, 4) is 0 Å². The number of likely N-dealkylation sites (tertiary alicyclic amines) is 1. The van der Waals surface area contributed by atoms with Crippen LogP contribution in [0.5, 0.6) is 0 Å². The SMILES string of the molecule is C/N=C1/CCN(C=O)C/C1=C(/C)c1ccc(Cl)c2[nH]ccc12. The van der Waals surface area contributed by atoms with Crippen LogP contribution in [0, 0.1) is 0 Å². The lowest BCUT2D eigenvalue weighted by molar-refractivity contribution is -0.117. The van der Waals surface area contributed by atoms with Crippen molar-refractivity contribution >= 4 is 40.2 Å². The lowest BCUT2D eigenvalue weighted by atomic mass is 9.92. The van der Waals surface area contributed by atoms with Gasteiger partial charge in [-0.15, -0.1) is 0 Å². The van der Waals surface area contributed by atoms with Crippen LogP contribution in [-0.2, 0) is 4.79 Å². The van der Waals surface area contributed by atoms with Gasteiger partial charge in [0.1, 0.15) is 0 Å². The van der Waals surface area contributed by atoms with Crippen LogP contribution >= 0.6 is 11.6 Å². The highest BCUT2D eigenvalue weighted by atomic mass is 35.5. The van der Waals surface area contributed by atoms with Crippen molar-refractivity contribution in [1.82, 2.24) is 9.88 Å². The quantitative estimate of drug-likeness (QED) is 0.847. The molecule has 1 aromatic heterocycles. The first-order chi connectivity index (χ1) is 10.7. The van der Waals surface area contributed by atoms with E-state index in [9.17, 15) is 4.79 Å². The molecule has 0 spiro atoms. The van der Waals surface area contributed by atoms with Crippen LogP contribution in [0.2, 0.25) is 5.02 Å². The second-order valence-electron chi connectivity index (χ2n) is 5.46. The standard InChI is InChI=1S/C17H18ClN3O/c1-11(14-9-21(10-22)8-6-16(14)19-2)12-3-4-15(18)17-13(12)5-7-20-17/h3-5,7,10,20H,6,8-9H2,1-2H3/b14-11+,19-16-. The number of rotatable bonds is 2. The van der Waals surface area contributed by atoms with E-state index in [-0.39, 0.29) is 0 Å². The van der Waals surface area contributed by atoms with E-state index >= 15 is 0 Å². The number of hydrogen-bond acceptors (Lipinski definition) is 2. The largest absolute Gasteiger partial charge is 0.360 e. The van der Waals surface area contributed by atoms with Crippen molar-refractivity contribution in [2.75, 3.05) is 20.1 Å². The molecule has 2 aromatic rings. The van der Waals surface area contributed by atoms with Crippen molar-refractivity contribution in [3.05, 3.63) is 40.6 Å². The predicted molar refractivity (Wildman–Crippen MR) is 91.5 cm³/mol. The van der Waals surface area contributed by atoms with Gasteiger partial charge >= 0.3 is 0 Å². The fourth-order valence-corrected chi connectivity index (χ4v) is 3.28. The number of fused-ring (bicyclic) bond motifs is 1. The van der Waals surface area contributed by atoms with E-state index < -0.39 is 0 Å². The molecular weight excluding hydrogens is 298 g/mol. The third-order valence-corrected chi connectivity index (χ3v) is 4.61. The molecule has 0 aliphatic carbocycles. The molecule has 0 saturated carbocycles. The fourth-order valence-electron chi connectivity index (χ4n) is 3.06. The van der Waals surface area contributed by atoms with Crippen molar-refractivity contribution in [2.45, 2.75) is 13.3 Å². The molecule has 4 nitrogen and oxygen atoms in total. The summed E-state index contributed by atoms with van der Waals surface area (Å²) in [6.45, 7) is 3.42. The Morgan fingerprint density at radius 3 is 2.95 bits per heavy atom. The number of aromatic nitrogens is 1. The number of hydrogen-bond donors (Lipinski definition) is 1. The van der Waals surface area contributed by atoms with Gasteiger partial charge in [0.2, 0.25) is 6.41 Å². The van der Waals surface area contributed by atoms with Crippen molar-refractivity contribution in [2.24, 2.45) is 4.99 Å². The van der Waals surface area contributed by atoms with E-state index in [4.69, 9.17) is 11.6 Å². The van der Waals surface area contributed by atoms with Gasteiger partial charge in [-0.05, 0) is 35.8 Å². The first kappa shape index (κ1) is 14.9. The molecule has 0 unspecified atom stereocenters. The highest BCUT2D eigenvalue weighted by Crippen LogP contribution is 2.32. The van der Waals surface area contributed by atoms with Gasteiger partial charge in [0.05, 0.1) is 10.5 Å². The van der Waals surface area contributed by atoms with Crippen LogP contribution in [0.15, 0.2) is 35.0 Å². The maximum absolute atomic E-state index is 11.1. The normalized spacial score (nSPS) is 19.8. The number of nitrogens with zero attached hydrogens (tertiary/aromatic N) is 2. The highest BCUT2D eigenvalue weighted by molar-refractivity contribution is 6.35. The Bertz CT molecular complexity index is 788. The molecular formula is C17H18ClN3O. The van der Waals surface area contributed by atoms with Gasteiger partial charge in [0, 0.05) is 43.9 Å². The van der Waals surface area contributed by atoms with Gasteiger partial charge in [-0.1, -0.05) is 17.7 Å². The smallest absolute Gasteiger partial charge is 0.210 e. The van der Waals surface area contributed by atoms with Crippen LogP contribution < -0.4 is 0 Å². The number of aromatic amines is 1. The Morgan fingerprint density at radius 1 is 1.41 bits per heavy atom. The van der Waals surface area contributed by atoms with E-state index in [1.54, 1.807) is 4.90 Å². The maximum Gasteiger partial charge on any atom is 0.210 e. The van der Waals surface area contributed by atoms with Crippen LogP contribution in [0.4, 0.5) is 0 Å². The fraction of sp³-hybridized carbons (Fsp3) is 0.294. The van der Waals surface area contributed by atoms with Gasteiger partial charge in [-0.3, -0.25) is 9.79 Å². The molecule has 1 amide bonds. The molecule has 1 saturated heterocycles. The topological polar surface area (TPSA) is 48.5 Å². The zero-order valence-electron chi connectivity index (χ0n) is 12.7. The minimum atomic E-state index is 0.608. The Hall–Kier alpha value is -2.07. The maximum atomic E-state index is 11.1. The molecule has 22 heavy (non-hydrogen) atoms.